The van der Waals surface area contributed by atoms with E-state index in [-0.39, 0.29) is 0 Å². The zero-order valence-corrected chi connectivity index (χ0v) is 17.1. The quantitative estimate of drug-likeness (QED) is 0.542. The fourth-order valence-electron chi connectivity index (χ4n) is 3.14. The molecule has 0 atom stereocenters. The van der Waals surface area contributed by atoms with E-state index in [2.05, 4.69) is 0 Å². The van der Waals surface area contributed by atoms with Gasteiger partial charge in [0.25, 0.3) is 0 Å². The minimum Gasteiger partial charge on any atom is -0.459 e. The van der Waals surface area contributed by atoms with E-state index in [0.717, 1.165) is 0 Å². The molecule has 0 aliphatic carbocycles. The van der Waals surface area contributed by atoms with Crippen molar-refractivity contribution in [1.82, 2.24) is 0 Å². The van der Waals surface area contributed by atoms with Gasteiger partial charge in [0.05, 0.1) is 0 Å². The van der Waals surface area contributed by atoms with Crippen LogP contribution in [-0.4, -0.2) is 23.1 Å². The summed E-state index contributed by atoms with van der Waals surface area (Å²) in [6.07, 6.45) is 0. The molecule has 136 valence electrons. The summed E-state index contributed by atoms with van der Waals surface area (Å²) in [5, 5.41) is 0. The van der Waals surface area contributed by atoms with Crippen LogP contribution in [0.5, 0.6) is 0 Å². The van der Waals surface area contributed by atoms with Gasteiger partial charge in [0.15, 0.2) is 5.41 Å². The van der Waals surface area contributed by atoms with Gasteiger partial charge in [-0.15, -0.1) is 0 Å². The van der Waals surface area contributed by atoms with E-state index in [4.69, 9.17) is 9.47 Å². The lowest BCUT2D eigenvalue weighted by molar-refractivity contribution is -0.207. The Morgan fingerprint density at radius 2 is 0.739 bits per heavy atom. The first kappa shape index (κ1) is 21.9. The summed E-state index contributed by atoms with van der Waals surface area (Å²) in [6, 6.07) is 0. The molecule has 0 amide bonds. The molecule has 0 aliphatic rings. The lowest BCUT2D eigenvalue weighted by Gasteiger charge is -2.50. The van der Waals surface area contributed by atoms with Crippen LogP contribution in [0, 0.1) is 16.2 Å². The highest BCUT2D eigenvalue weighted by Crippen LogP contribution is 2.54. The zero-order chi connectivity index (χ0) is 19.1. The van der Waals surface area contributed by atoms with Crippen LogP contribution in [0.2, 0.25) is 0 Å². The van der Waals surface area contributed by atoms with E-state index < -0.39 is 39.4 Å². The smallest absolute Gasteiger partial charge is 0.325 e. The molecule has 0 aliphatic heterocycles. The molecule has 0 spiro atoms. The lowest BCUT2D eigenvalue weighted by Crippen LogP contribution is -2.60. The molecule has 0 rings (SSSR count). The molecule has 0 unspecified atom stereocenters. The molecule has 0 N–H and O–H groups in total. The summed E-state index contributed by atoms with van der Waals surface area (Å²) in [5.74, 6) is -1.06. The largest absolute Gasteiger partial charge is 0.459 e. The van der Waals surface area contributed by atoms with E-state index >= 15 is 0 Å². The van der Waals surface area contributed by atoms with E-state index in [1.54, 1.807) is 41.5 Å². The Balaban J connectivity index is 6.36. The van der Waals surface area contributed by atoms with Crippen molar-refractivity contribution in [3.63, 3.8) is 0 Å². The summed E-state index contributed by atoms with van der Waals surface area (Å²) in [4.78, 5) is 26.4. The minimum absolute atomic E-state index is 0.528. The van der Waals surface area contributed by atoms with E-state index in [9.17, 15) is 9.59 Å². The van der Waals surface area contributed by atoms with Gasteiger partial charge in [-0.1, -0.05) is 41.5 Å². The fourth-order valence-corrected chi connectivity index (χ4v) is 3.14. The van der Waals surface area contributed by atoms with Crippen LogP contribution in [0.4, 0.5) is 0 Å². The molecule has 0 radical (unpaired) electrons. The molecule has 4 nitrogen and oxygen atoms in total. The average molecular weight is 328 g/mol. The molecule has 0 aromatic carbocycles. The van der Waals surface area contributed by atoms with Crippen molar-refractivity contribution in [2.45, 2.75) is 94.3 Å². The third kappa shape index (κ3) is 4.95. The van der Waals surface area contributed by atoms with Crippen LogP contribution >= 0.6 is 0 Å². The van der Waals surface area contributed by atoms with Gasteiger partial charge in [0.1, 0.15) is 11.2 Å². The van der Waals surface area contributed by atoms with E-state index in [1.165, 1.54) is 0 Å². The van der Waals surface area contributed by atoms with Gasteiger partial charge in [-0.3, -0.25) is 9.59 Å². The van der Waals surface area contributed by atoms with Gasteiger partial charge in [0.2, 0.25) is 0 Å². The van der Waals surface area contributed by atoms with Crippen LogP contribution in [0.3, 0.4) is 0 Å². The lowest BCUT2D eigenvalue weighted by atomic mass is 9.53. The van der Waals surface area contributed by atoms with Gasteiger partial charge in [-0.2, -0.15) is 0 Å². The Bertz CT molecular complexity index is 404. The zero-order valence-electron chi connectivity index (χ0n) is 17.1. The highest BCUT2D eigenvalue weighted by molar-refractivity contribution is 6.02. The number of hydrogen-bond donors (Lipinski definition) is 0. The molecule has 0 bridgehead atoms. The van der Waals surface area contributed by atoms with Gasteiger partial charge < -0.3 is 9.47 Å². The predicted octanol–water partition coefficient (Wildman–Crippen LogP) is 4.75. The van der Waals surface area contributed by atoms with Crippen molar-refractivity contribution in [3.05, 3.63) is 0 Å². The van der Waals surface area contributed by atoms with Crippen LogP contribution in [0.25, 0.3) is 0 Å². The maximum absolute atomic E-state index is 13.2. The number of carbonyl (C=O) groups is 2. The standard InChI is InChI=1S/C19H36O4/c1-15(2,3)19(16(4,5)6,13(20)22-17(7,8)9)14(21)23-18(10,11)12/h1-12H3. The molecular formula is C19H36O4. The van der Waals surface area contributed by atoms with Crippen LogP contribution in [0.15, 0.2) is 0 Å². The van der Waals surface area contributed by atoms with Crippen LogP contribution < -0.4 is 0 Å². The molecule has 0 aromatic rings. The third-order valence-electron chi connectivity index (χ3n) is 3.66. The normalized spacial score (nSPS) is 14.4. The molecule has 23 heavy (non-hydrogen) atoms. The second-order valence-electron chi connectivity index (χ2n) is 10.3. The summed E-state index contributed by atoms with van der Waals surface area (Å²) in [5.41, 5.74) is -4.12. The molecule has 0 saturated heterocycles. The predicted molar refractivity (Wildman–Crippen MR) is 93.0 cm³/mol. The molecule has 0 saturated carbocycles. The maximum atomic E-state index is 13.2. The highest BCUT2D eigenvalue weighted by Gasteiger charge is 2.65. The maximum Gasteiger partial charge on any atom is 0.325 e. The summed E-state index contributed by atoms with van der Waals surface area (Å²) < 4.78 is 11.3. The molecule has 4 heteroatoms. The number of esters is 2. The van der Waals surface area contributed by atoms with Crippen molar-refractivity contribution < 1.29 is 19.1 Å². The Hall–Kier alpha value is -1.06. The second-order valence-corrected chi connectivity index (χ2v) is 10.3. The number of hydrogen-bond acceptors (Lipinski definition) is 4. The van der Waals surface area contributed by atoms with E-state index in [0.29, 0.717) is 0 Å². The van der Waals surface area contributed by atoms with Gasteiger partial charge >= 0.3 is 11.9 Å². The van der Waals surface area contributed by atoms with Crippen molar-refractivity contribution >= 4 is 11.9 Å². The average Bonchev–Trinajstić information content (AvgIpc) is 2.04. The third-order valence-corrected chi connectivity index (χ3v) is 3.66. The Morgan fingerprint density at radius 3 is 0.870 bits per heavy atom. The Morgan fingerprint density at radius 1 is 0.522 bits per heavy atom. The second kappa shape index (κ2) is 6.10. The molecule has 0 heterocycles. The monoisotopic (exact) mass is 328 g/mol. The van der Waals surface area contributed by atoms with Crippen LogP contribution in [-0.2, 0) is 19.1 Å². The minimum atomic E-state index is -1.42. The van der Waals surface area contributed by atoms with Gasteiger partial charge in [-0.25, -0.2) is 0 Å². The molecular weight excluding hydrogens is 292 g/mol. The number of carbonyl (C=O) groups excluding carboxylic acids is 2. The van der Waals surface area contributed by atoms with Crippen molar-refractivity contribution in [3.8, 4) is 0 Å². The van der Waals surface area contributed by atoms with E-state index in [1.807, 2.05) is 41.5 Å². The van der Waals surface area contributed by atoms with Crippen molar-refractivity contribution in [2.75, 3.05) is 0 Å². The van der Waals surface area contributed by atoms with Crippen molar-refractivity contribution in [1.29, 1.82) is 0 Å². The SMILES string of the molecule is CC(C)(C)OC(=O)C(C(=O)OC(C)(C)C)(C(C)(C)C)C(C)(C)C. The van der Waals surface area contributed by atoms with Gasteiger partial charge in [-0.05, 0) is 52.4 Å². The first-order valence-corrected chi connectivity index (χ1v) is 8.22. The Labute approximate surface area is 142 Å². The Kier molecular flexibility index (Phi) is 5.82. The number of ether oxygens (including phenoxy) is 2. The highest BCUT2D eigenvalue weighted by atomic mass is 16.6. The molecule has 0 fully saturated rings. The number of rotatable bonds is 2. The summed E-state index contributed by atoms with van der Waals surface area (Å²) >= 11 is 0. The first-order chi connectivity index (χ1) is 9.76. The summed E-state index contributed by atoms with van der Waals surface area (Å²) in [7, 11) is 0. The van der Waals surface area contributed by atoms with Crippen molar-refractivity contribution in [2.24, 2.45) is 16.2 Å². The van der Waals surface area contributed by atoms with Gasteiger partial charge in [0, 0.05) is 0 Å². The van der Waals surface area contributed by atoms with Crippen LogP contribution in [0.1, 0.15) is 83.1 Å². The summed E-state index contributed by atoms with van der Waals surface area (Å²) in [6.45, 7) is 22.1. The molecule has 0 aromatic heterocycles. The topological polar surface area (TPSA) is 52.6 Å². The first-order valence-electron chi connectivity index (χ1n) is 8.22. The fraction of sp³-hybridized carbons (Fsp3) is 0.895.